The van der Waals surface area contributed by atoms with E-state index >= 15 is 0 Å². The number of benzene rings is 1. The molecule has 2 aromatic rings. The molecule has 0 saturated heterocycles. The van der Waals surface area contributed by atoms with Crippen LogP contribution in [0.5, 0.6) is 0 Å². The molecule has 20 heavy (non-hydrogen) atoms. The van der Waals surface area contributed by atoms with Crippen LogP contribution in [0.1, 0.15) is 22.3 Å². The predicted octanol–water partition coefficient (Wildman–Crippen LogP) is 2.38. The van der Waals surface area contributed by atoms with Gasteiger partial charge >= 0.3 is 0 Å². The van der Waals surface area contributed by atoms with Crippen LogP contribution >= 0.6 is 0 Å². The summed E-state index contributed by atoms with van der Waals surface area (Å²) in [6, 6.07) is 12.3. The Kier molecular flexibility index (Phi) is 4.70. The lowest BCUT2D eigenvalue weighted by molar-refractivity contribution is 0.965. The van der Waals surface area contributed by atoms with E-state index in [2.05, 4.69) is 40.6 Å². The topological polar surface area (TPSA) is 74.7 Å². The van der Waals surface area contributed by atoms with Crippen molar-refractivity contribution < 1.29 is 0 Å². The van der Waals surface area contributed by atoms with Crippen molar-refractivity contribution in [3.8, 4) is 6.07 Å². The second kappa shape index (κ2) is 6.69. The summed E-state index contributed by atoms with van der Waals surface area (Å²) in [6.45, 7) is 3.22. The Morgan fingerprint density at radius 2 is 1.90 bits per heavy atom. The normalized spacial score (nSPS) is 10.1. The maximum atomic E-state index is 9.15. The zero-order valence-electron chi connectivity index (χ0n) is 11.6. The molecule has 0 fully saturated rings. The van der Waals surface area contributed by atoms with Gasteiger partial charge in [0, 0.05) is 12.7 Å². The van der Waals surface area contributed by atoms with Crippen LogP contribution in [0.3, 0.4) is 0 Å². The van der Waals surface area contributed by atoms with E-state index in [1.54, 1.807) is 6.20 Å². The zero-order valence-corrected chi connectivity index (χ0v) is 11.6. The number of nitrogens with one attached hydrogen (secondary N) is 1. The highest BCUT2D eigenvalue weighted by Crippen LogP contribution is 2.16. The minimum Gasteiger partial charge on any atom is -0.365 e. The predicted molar refractivity (Wildman–Crippen MR) is 80.2 cm³/mol. The van der Waals surface area contributed by atoms with E-state index in [0.29, 0.717) is 24.5 Å². The minimum atomic E-state index is 0.604. The van der Waals surface area contributed by atoms with E-state index in [4.69, 9.17) is 11.0 Å². The number of anilines is 1. The standard InChI is InChI=1S/C16H18N4/c1-12-7-9-19-16(15(12)10-18)20-11-14-4-2-13(3-5-14)6-8-17/h2-5,7,9H,6,8,11,17H2,1H3,(H,19,20). The summed E-state index contributed by atoms with van der Waals surface area (Å²) in [7, 11) is 0. The van der Waals surface area contributed by atoms with Crippen molar-refractivity contribution in [1.82, 2.24) is 4.98 Å². The fourth-order valence-electron chi connectivity index (χ4n) is 2.01. The molecule has 0 aliphatic rings. The number of nitrogens with zero attached hydrogens (tertiary/aromatic N) is 2. The molecule has 0 unspecified atom stereocenters. The Morgan fingerprint density at radius 1 is 1.20 bits per heavy atom. The molecule has 0 amide bonds. The van der Waals surface area contributed by atoms with Gasteiger partial charge in [-0.3, -0.25) is 0 Å². The molecule has 4 nitrogen and oxygen atoms in total. The third-order valence-electron chi connectivity index (χ3n) is 3.19. The number of nitrogens with two attached hydrogens (primary N) is 1. The van der Waals surface area contributed by atoms with Crippen LogP contribution in [0.4, 0.5) is 5.82 Å². The van der Waals surface area contributed by atoms with Crippen molar-refractivity contribution in [2.24, 2.45) is 5.73 Å². The maximum absolute atomic E-state index is 9.15. The average molecular weight is 266 g/mol. The smallest absolute Gasteiger partial charge is 0.144 e. The lowest BCUT2D eigenvalue weighted by atomic mass is 10.1. The molecule has 4 heteroatoms. The van der Waals surface area contributed by atoms with E-state index < -0.39 is 0 Å². The van der Waals surface area contributed by atoms with Crippen molar-refractivity contribution in [3.05, 3.63) is 58.8 Å². The van der Waals surface area contributed by atoms with Crippen molar-refractivity contribution in [2.45, 2.75) is 19.9 Å². The summed E-state index contributed by atoms with van der Waals surface area (Å²) < 4.78 is 0. The molecule has 0 saturated carbocycles. The van der Waals surface area contributed by atoms with Gasteiger partial charge in [0.25, 0.3) is 0 Å². The zero-order chi connectivity index (χ0) is 14.4. The number of pyridine rings is 1. The molecule has 3 N–H and O–H groups in total. The van der Waals surface area contributed by atoms with Crippen molar-refractivity contribution in [3.63, 3.8) is 0 Å². The molecular formula is C16H18N4. The van der Waals surface area contributed by atoms with E-state index in [0.717, 1.165) is 17.5 Å². The number of nitriles is 1. The van der Waals surface area contributed by atoms with Gasteiger partial charge in [-0.1, -0.05) is 24.3 Å². The molecular weight excluding hydrogens is 248 g/mol. The van der Waals surface area contributed by atoms with Crippen molar-refractivity contribution >= 4 is 5.82 Å². The molecule has 1 aromatic heterocycles. The van der Waals surface area contributed by atoms with E-state index in [1.807, 2.05) is 13.0 Å². The third-order valence-corrected chi connectivity index (χ3v) is 3.19. The first-order valence-corrected chi connectivity index (χ1v) is 6.62. The third kappa shape index (κ3) is 3.34. The average Bonchev–Trinajstić information content (AvgIpc) is 2.47. The molecule has 0 radical (unpaired) electrons. The summed E-state index contributed by atoms with van der Waals surface area (Å²) in [5.74, 6) is 0.638. The highest BCUT2D eigenvalue weighted by atomic mass is 15.0. The van der Waals surface area contributed by atoms with Crippen LogP contribution in [0.2, 0.25) is 0 Å². The van der Waals surface area contributed by atoms with Crippen LogP contribution in [-0.4, -0.2) is 11.5 Å². The Bertz CT molecular complexity index is 611. The molecule has 1 aromatic carbocycles. The highest BCUT2D eigenvalue weighted by molar-refractivity contribution is 5.55. The molecule has 0 bridgehead atoms. The first-order valence-electron chi connectivity index (χ1n) is 6.62. The van der Waals surface area contributed by atoms with Gasteiger partial charge < -0.3 is 11.1 Å². The molecule has 1 heterocycles. The first kappa shape index (κ1) is 14.0. The Hall–Kier alpha value is -2.38. The quantitative estimate of drug-likeness (QED) is 0.871. The second-order valence-corrected chi connectivity index (χ2v) is 4.67. The van der Waals surface area contributed by atoms with Crippen molar-refractivity contribution in [2.75, 3.05) is 11.9 Å². The first-order chi connectivity index (χ1) is 9.74. The summed E-state index contributed by atoms with van der Waals surface area (Å²) >= 11 is 0. The summed E-state index contributed by atoms with van der Waals surface area (Å²) in [4.78, 5) is 4.22. The summed E-state index contributed by atoms with van der Waals surface area (Å²) in [6.07, 6.45) is 2.61. The van der Waals surface area contributed by atoms with Gasteiger partial charge in [0.1, 0.15) is 11.9 Å². The Balaban J connectivity index is 2.06. The van der Waals surface area contributed by atoms with Gasteiger partial charge in [-0.15, -0.1) is 0 Å². The number of hydrogen-bond acceptors (Lipinski definition) is 4. The summed E-state index contributed by atoms with van der Waals surface area (Å²) in [5, 5.41) is 12.4. The molecule has 0 aliphatic heterocycles. The SMILES string of the molecule is Cc1ccnc(NCc2ccc(CCN)cc2)c1C#N. The van der Waals surface area contributed by atoms with E-state index in [9.17, 15) is 0 Å². The van der Waals surface area contributed by atoms with Crippen LogP contribution in [-0.2, 0) is 13.0 Å². The lowest BCUT2D eigenvalue weighted by Gasteiger charge is -2.09. The van der Waals surface area contributed by atoms with Crippen LogP contribution in [0.15, 0.2) is 36.5 Å². The van der Waals surface area contributed by atoms with E-state index in [-0.39, 0.29) is 0 Å². The molecule has 0 aliphatic carbocycles. The molecule has 0 atom stereocenters. The van der Waals surface area contributed by atoms with Crippen LogP contribution in [0.25, 0.3) is 0 Å². The van der Waals surface area contributed by atoms with Gasteiger partial charge in [0.15, 0.2) is 0 Å². The minimum absolute atomic E-state index is 0.604. The fourth-order valence-corrected chi connectivity index (χ4v) is 2.01. The van der Waals surface area contributed by atoms with Gasteiger partial charge in [-0.05, 0) is 42.6 Å². The molecule has 0 spiro atoms. The number of aromatic nitrogens is 1. The largest absolute Gasteiger partial charge is 0.365 e. The molecule has 2 rings (SSSR count). The number of aryl methyl sites for hydroxylation is 1. The number of rotatable bonds is 5. The number of hydrogen-bond donors (Lipinski definition) is 2. The lowest BCUT2D eigenvalue weighted by Crippen LogP contribution is -2.05. The van der Waals surface area contributed by atoms with Crippen LogP contribution < -0.4 is 11.1 Å². The van der Waals surface area contributed by atoms with Gasteiger partial charge in [-0.25, -0.2) is 4.98 Å². The highest BCUT2D eigenvalue weighted by Gasteiger charge is 2.05. The van der Waals surface area contributed by atoms with Crippen LogP contribution in [0, 0.1) is 18.3 Å². The Morgan fingerprint density at radius 3 is 2.55 bits per heavy atom. The van der Waals surface area contributed by atoms with Gasteiger partial charge in [-0.2, -0.15) is 5.26 Å². The second-order valence-electron chi connectivity index (χ2n) is 4.67. The Labute approximate surface area is 119 Å². The van der Waals surface area contributed by atoms with Gasteiger partial charge in [0.05, 0.1) is 5.56 Å². The monoisotopic (exact) mass is 266 g/mol. The molecule has 102 valence electrons. The fraction of sp³-hybridized carbons (Fsp3) is 0.250. The van der Waals surface area contributed by atoms with E-state index in [1.165, 1.54) is 5.56 Å². The van der Waals surface area contributed by atoms with Crippen molar-refractivity contribution in [1.29, 1.82) is 5.26 Å². The maximum Gasteiger partial charge on any atom is 0.144 e. The summed E-state index contributed by atoms with van der Waals surface area (Å²) in [5.41, 5.74) is 9.46. The van der Waals surface area contributed by atoms with Gasteiger partial charge in [0.2, 0.25) is 0 Å².